The predicted molar refractivity (Wildman–Crippen MR) is 61.5 cm³/mol. The molecule has 15 heavy (non-hydrogen) atoms. The molecule has 1 aromatic heterocycles. The Labute approximate surface area is 94.1 Å². The van der Waals surface area contributed by atoms with Gasteiger partial charge in [-0.1, -0.05) is 18.3 Å². The van der Waals surface area contributed by atoms with Crippen LogP contribution in [0.4, 0.5) is 0 Å². The zero-order valence-electron chi connectivity index (χ0n) is 9.36. The summed E-state index contributed by atoms with van der Waals surface area (Å²) in [5.41, 5.74) is 6.90. The van der Waals surface area contributed by atoms with E-state index in [2.05, 4.69) is 23.9 Å². The van der Waals surface area contributed by atoms with Crippen molar-refractivity contribution in [3.63, 3.8) is 0 Å². The van der Waals surface area contributed by atoms with Gasteiger partial charge in [0.25, 0.3) is 5.19 Å². The van der Waals surface area contributed by atoms with Crippen molar-refractivity contribution in [3.05, 3.63) is 10.6 Å². The van der Waals surface area contributed by atoms with Crippen LogP contribution in [-0.4, -0.2) is 37.1 Å². The Morgan fingerprint density at radius 2 is 2.40 bits per heavy atom. The molecule has 0 amide bonds. The van der Waals surface area contributed by atoms with E-state index in [1.54, 1.807) is 18.4 Å². The topological polar surface area (TPSA) is 51.4 Å². The zero-order valence-corrected chi connectivity index (χ0v) is 10.2. The number of aromatic nitrogens is 1. The second kappa shape index (κ2) is 4.08. The number of nitrogens with two attached hydrogens (primary N) is 1. The molecule has 84 valence electrons. The average Bonchev–Trinajstić information content (AvgIpc) is 2.62. The Kier molecular flexibility index (Phi) is 2.95. The first kappa shape index (κ1) is 10.9. The summed E-state index contributed by atoms with van der Waals surface area (Å²) in [4.78, 5) is 8.10. The van der Waals surface area contributed by atoms with E-state index in [-0.39, 0.29) is 6.04 Å². The third-order valence-electron chi connectivity index (χ3n) is 2.92. The van der Waals surface area contributed by atoms with Crippen LogP contribution in [0.5, 0.6) is 5.19 Å². The van der Waals surface area contributed by atoms with Crippen LogP contribution in [0, 0.1) is 0 Å². The van der Waals surface area contributed by atoms with Crippen LogP contribution in [0.2, 0.25) is 0 Å². The van der Waals surface area contributed by atoms with Crippen molar-refractivity contribution in [1.82, 2.24) is 9.88 Å². The maximum absolute atomic E-state index is 5.79. The standard InChI is InChI=1S/C10H17N3OS/c1-6-5-13(2)7(4-11)8-9(6)15-10(12-8)14-3/h6-7H,4-5,11H2,1-3H3. The first-order valence-electron chi connectivity index (χ1n) is 5.12. The smallest absolute Gasteiger partial charge is 0.273 e. The molecular formula is C10H17N3OS. The second-order valence-electron chi connectivity index (χ2n) is 4.03. The average molecular weight is 227 g/mol. The SMILES string of the molecule is COc1nc2c(s1)C(C)CN(C)C2CN. The van der Waals surface area contributed by atoms with E-state index >= 15 is 0 Å². The first-order chi connectivity index (χ1) is 7.17. The lowest BCUT2D eigenvalue weighted by Crippen LogP contribution is -2.37. The number of ether oxygens (including phenoxy) is 1. The van der Waals surface area contributed by atoms with E-state index in [9.17, 15) is 0 Å². The van der Waals surface area contributed by atoms with Crippen molar-refractivity contribution < 1.29 is 4.74 Å². The lowest BCUT2D eigenvalue weighted by molar-refractivity contribution is 0.215. The number of rotatable bonds is 2. The molecule has 0 aromatic carbocycles. The molecule has 2 rings (SSSR count). The van der Waals surface area contributed by atoms with Gasteiger partial charge in [0.1, 0.15) is 0 Å². The Morgan fingerprint density at radius 3 is 3.00 bits per heavy atom. The molecule has 0 radical (unpaired) electrons. The predicted octanol–water partition coefficient (Wildman–Crippen LogP) is 1.20. The summed E-state index contributed by atoms with van der Waals surface area (Å²) in [5, 5.41) is 0.751. The Bertz CT molecular complexity index is 352. The van der Waals surface area contributed by atoms with E-state index in [0.717, 1.165) is 17.4 Å². The highest BCUT2D eigenvalue weighted by Crippen LogP contribution is 2.40. The number of fused-ring (bicyclic) bond motifs is 1. The fourth-order valence-electron chi connectivity index (χ4n) is 2.14. The molecule has 5 heteroatoms. The van der Waals surface area contributed by atoms with Crippen molar-refractivity contribution in [2.75, 3.05) is 27.2 Å². The highest BCUT2D eigenvalue weighted by Gasteiger charge is 2.32. The highest BCUT2D eigenvalue weighted by molar-refractivity contribution is 7.13. The Morgan fingerprint density at radius 1 is 1.67 bits per heavy atom. The van der Waals surface area contributed by atoms with E-state index in [0.29, 0.717) is 12.5 Å². The van der Waals surface area contributed by atoms with Gasteiger partial charge in [0, 0.05) is 23.9 Å². The minimum absolute atomic E-state index is 0.247. The summed E-state index contributed by atoms with van der Waals surface area (Å²) in [6.07, 6.45) is 0. The van der Waals surface area contributed by atoms with E-state index in [1.807, 2.05) is 0 Å². The van der Waals surface area contributed by atoms with Gasteiger partial charge in [0.2, 0.25) is 0 Å². The first-order valence-corrected chi connectivity index (χ1v) is 5.94. The summed E-state index contributed by atoms with van der Waals surface area (Å²) in [5.74, 6) is 0.522. The number of hydrogen-bond acceptors (Lipinski definition) is 5. The molecule has 0 saturated carbocycles. The molecular weight excluding hydrogens is 210 g/mol. The van der Waals surface area contributed by atoms with Crippen molar-refractivity contribution in [3.8, 4) is 5.19 Å². The van der Waals surface area contributed by atoms with Gasteiger partial charge in [0.15, 0.2) is 0 Å². The zero-order chi connectivity index (χ0) is 11.0. The number of methoxy groups -OCH3 is 1. The molecule has 0 aliphatic carbocycles. The molecule has 2 atom stereocenters. The summed E-state index contributed by atoms with van der Waals surface area (Å²) < 4.78 is 5.19. The molecule has 1 aromatic rings. The number of nitrogens with zero attached hydrogens (tertiary/aromatic N) is 2. The van der Waals surface area contributed by atoms with Gasteiger partial charge in [-0.25, -0.2) is 4.98 Å². The number of thiazole rings is 1. The molecule has 1 aliphatic heterocycles. The van der Waals surface area contributed by atoms with E-state index < -0.39 is 0 Å². The summed E-state index contributed by atoms with van der Waals surface area (Å²) in [7, 11) is 3.76. The van der Waals surface area contributed by atoms with Crippen LogP contribution in [0.1, 0.15) is 29.5 Å². The van der Waals surface area contributed by atoms with Gasteiger partial charge < -0.3 is 10.5 Å². The van der Waals surface area contributed by atoms with E-state index in [4.69, 9.17) is 10.5 Å². The fraction of sp³-hybridized carbons (Fsp3) is 0.700. The minimum atomic E-state index is 0.247. The van der Waals surface area contributed by atoms with E-state index in [1.165, 1.54) is 4.88 Å². The van der Waals surface area contributed by atoms with Gasteiger partial charge in [-0.2, -0.15) is 0 Å². The second-order valence-corrected chi connectivity index (χ2v) is 5.02. The van der Waals surface area contributed by atoms with Gasteiger partial charge in [-0.15, -0.1) is 0 Å². The van der Waals surface area contributed by atoms with Crippen LogP contribution < -0.4 is 10.5 Å². The van der Waals surface area contributed by atoms with Crippen LogP contribution in [0.25, 0.3) is 0 Å². The van der Waals surface area contributed by atoms with Gasteiger partial charge in [-0.05, 0) is 7.05 Å². The molecule has 2 unspecified atom stereocenters. The normalized spacial score (nSPS) is 26.4. The van der Waals surface area contributed by atoms with Crippen molar-refractivity contribution >= 4 is 11.3 Å². The summed E-state index contributed by atoms with van der Waals surface area (Å²) in [6.45, 7) is 3.88. The monoisotopic (exact) mass is 227 g/mol. The highest BCUT2D eigenvalue weighted by atomic mass is 32.1. The summed E-state index contributed by atoms with van der Waals surface area (Å²) >= 11 is 1.65. The van der Waals surface area contributed by atoms with Crippen LogP contribution in [-0.2, 0) is 0 Å². The number of likely N-dealkylation sites (N-methyl/N-ethyl adjacent to an activating group) is 1. The molecule has 0 spiro atoms. The minimum Gasteiger partial charge on any atom is -0.473 e. The van der Waals surface area contributed by atoms with Crippen LogP contribution in [0.15, 0.2) is 0 Å². The molecule has 1 aliphatic rings. The van der Waals surface area contributed by atoms with Crippen molar-refractivity contribution in [1.29, 1.82) is 0 Å². The lowest BCUT2D eigenvalue weighted by atomic mass is 9.98. The third kappa shape index (κ3) is 1.75. The molecule has 2 N–H and O–H groups in total. The maximum Gasteiger partial charge on any atom is 0.273 e. The van der Waals surface area contributed by atoms with Crippen molar-refractivity contribution in [2.45, 2.75) is 18.9 Å². The molecule has 0 bridgehead atoms. The van der Waals surface area contributed by atoms with Crippen LogP contribution in [0.3, 0.4) is 0 Å². The van der Waals surface area contributed by atoms with Crippen LogP contribution >= 0.6 is 11.3 Å². The number of hydrogen-bond donors (Lipinski definition) is 1. The quantitative estimate of drug-likeness (QED) is 0.825. The molecule has 4 nitrogen and oxygen atoms in total. The third-order valence-corrected chi connectivity index (χ3v) is 4.18. The van der Waals surface area contributed by atoms with Crippen molar-refractivity contribution in [2.24, 2.45) is 5.73 Å². The Balaban J connectivity index is 2.42. The lowest BCUT2D eigenvalue weighted by Gasteiger charge is -2.33. The Hall–Kier alpha value is -0.650. The fourth-order valence-corrected chi connectivity index (χ4v) is 3.12. The maximum atomic E-state index is 5.79. The molecule has 0 saturated heterocycles. The van der Waals surface area contributed by atoms with Gasteiger partial charge >= 0.3 is 0 Å². The largest absolute Gasteiger partial charge is 0.473 e. The molecule has 0 fully saturated rings. The summed E-state index contributed by atoms with van der Waals surface area (Å²) in [6, 6.07) is 0.247. The molecule has 2 heterocycles. The van der Waals surface area contributed by atoms with Gasteiger partial charge in [-0.3, -0.25) is 4.90 Å². The van der Waals surface area contributed by atoms with Gasteiger partial charge in [0.05, 0.1) is 18.8 Å².